The van der Waals surface area contributed by atoms with E-state index in [9.17, 15) is 0 Å². The summed E-state index contributed by atoms with van der Waals surface area (Å²) in [5.74, 6) is 1.07. The van der Waals surface area contributed by atoms with Gasteiger partial charge in [0.15, 0.2) is 0 Å². The van der Waals surface area contributed by atoms with Crippen molar-refractivity contribution in [1.82, 2.24) is 4.90 Å². The summed E-state index contributed by atoms with van der Waals surface area (Å²) in [4.78, 5) is 3.00. The maximum atomic E-state index is 3.00. The highest BCUT2D eigenvalue weighted by Gasteiger charge is 2.52. The molecule has 2 saturated heterocycles. The number of nitrogens with zero attached hydrogens (tertiary/aromatic N) is 1. The zero-order valence-electron chi connectivity index (χ0n) is 11.6. The molecule has 0 amide bonds. The van der Waals surface area contributed by atoms with E-state index in [1.165, 1.54) is 70.8 Å². The second-order valence-corrected chi connectivity index (χ2v) is 6.72. The molecule has 1 heteroatoms. The van der Waals surface area contributed by atoms with Crippen LogP contribution in [0.4, 0.5) is 0 Å². The average molecular weight is 235 g/mol. The van der Waals surface area contributed by atoms with Gasteiger partial charge in [-0.05, 0) is 57.4 Å². The smallest absolute Gasteiger partial charge is 0.0241 e. The zero-order chi connectivity index (χ0) is 11.7. The first-order chi connectivity index (χ1) is 8.37. The molecule has 1 spiro atoms. The standard InChI is InChI=1S/C16H29N/c1-2-3-8-15-10-9-14-7-4-5-11-16(14)12-6-13-17(15)16/h14-15H,2-13H2,1H3/t14-,15+,16-/m0/s1. The van der Waals surface area contributed by atoms with Gasteiger partial charge in [-0.25, -0.2) is 0 Å². The monoisotopic (exact) mass is 235 g/mol. The van der Waals surface area contributed by atoms with Gasteiger partial charge in [0.25, 0.3) is 0 Å². The zero-order valence-corrected chi connectivity index (χ0v) is 11.6. The van der Waals surface area contributed by atoms with Crippen molar-refractivity contribution in [3.8, 4) is 0 Å². The van der Waals surface area contributed by atoms with E-state index in [1.807, 2.05) is 0 Å². The molecule has 98 valence electrons. The summed E-state index contributed by atoms with van der Waals surface area (Å²) in [6.07, 6.45) is 16.5. The lowest BCUT2D eigenvalue weighted by atomic mass is 9.66. The molecule has 0 N–H and O–H groups in total. The molecule has 3 fully saturated rings. The van der Waals surface area contributed by atoms with Crippen molar-refractivity contribution >= 4 is 0 Å². The molecular formula is C16H29N. The first-order valence-electron chi connectivity index (χ1n) is 8.13. The molecule has 0 bridgehead atoms. The average Bonchev–Trinajstić information content (AvgIpc) is 2.79. The molecule has 3 rings (SSSR count). The van der Waals surface area contributed by atoms with Crippen LogP contribution in [-0.4, -0.2) is 23.0 Å². The molecule has 2 aliphatic heterocycles. The van der Waals surface area contributed by atoms with Crippen LogP contribution in [0.1, 0.15) is 77.6 Å². The Morgan fingerprint density at radius 3 is 2.82 bits per heavy atom. The highest BCUT2D eigenvalue weighted by molar-refractivity contribution is 5.07. The van der Waals surface area contributed by atoms with Gasteiger partial charge in [0.1, 0.15) is 0 Å². The Hall–Kier alpha value is -0.0400. The molecule has 0 aromatic heterocycles. The fraction of sp³-hybridized carbons (Fsp3) is 1.00. The van der Waals surface area contributed by atoms with Crippen molar-refractivity contribution in [2.75, 3.05) is 6.54 Å². The highest BCUT2D eigenvalue weighted by Crippen LogP contribution is 2.52. The molecule has 0 unspecified atom stereocenters. The molecule has 0 aromatic rings. The van der Waals surface area contributed by atoms with Crippen molar-refractivity contribution in [2.45, 2.75) is 89.1 Å². The van der Waals surface area contributed by atoms with Crippen LogP contribution in [0.2, 0.25) is 0 Å². The van der Waals surface area contributed by atoms with Crippen LogP contribution in [0.15, 0.2) is 0 Å². The van der Waals surface area contributed by atoms with Gasteiger partial charge in [0.2, 0.25) is 0 Å². The number of rotatable bonds is 3. The number of hydrogen-bond donors (Lipinski definition) is 0. The summed E-state index contributed by atoms with van der Waals surface area (Å²) in [5, 5.41) is 0. The maximum Gasteiger partial charge on any atom is 0.0241 e. The normalized spacial score (nSPS) is 42.2. The topological polar surface area (TPSA) is 3.24 Å². The summed E-state index contributed by atoms with van der Waals surface area (Å²) < 4.78 is 0. The Kier molecular flexibility index (Phi) is 3.47. The van der Waals surface area contributed by atoms with Crippen molar-refractivity contribution < 1.29 is 0 Å². The van der Waals surface area contributed by atoms with E-state index in [2.05, 4.69) is 11.8 Å². The van der Waals surface area contributed by atoms with Gasteiger partial charge in [-0.1, -0.05) is 32.6 Å². The van der Waals surface area contributed by atoms with Crippen molar-refractivity contribution in [2.24, 2.45) is 5.92 Å². The van der Waals surface area contributed by atoms with E-state index >= 15 is 0 Å². The van der Waals surface area contributed by atoms with Crippen LogP contribution in [0.5, 0.6) is 0 Å². The maximum absolute atomic E-state index is 3.00. The van der Waals surface area contributed by atoms with Crippen LogP contribution < -0.4 is 0 Å². The molecule has 0 radical (unpaired) electrons. The molecule has 17 heavy (non-hydrogen) atoms. The fourth-order valence-corrected chi connectivity index (χ4v) is 5.17. The van der Waals surface area contributed by atoms with Crippen molar-refractivity contribution in [3.63, 3.8) is 0 Å². The molecular weight excluding hydrogens is 206 g/mol. The van der Waals surface area contributed by atoms with E-state index in [1.54, 1.807) is 6.42 Å². The van der Waals surface area contributed by atoms with Crippen molar-refractivity contribution in [1.29, 1.82) is 0 Å². The van der Waals surface area contributed by atoms with E-state index in [0.29, 0.717) is 5.54 Å². The second kappa shape index (κ2) is 4.91. The first kappa shape index (κ1) is 12.0. The van der Waals surface area contributed by atoms with Gasteiger partial charge in [0.05, 0.1) is 0 Å². The molecule has 1 aliphatic carbocycles. The SMILES string of the molecule is CCCC[C@@H]1CC[C@@H]2CCCC[C@]23CCCN13. The summed E-state index contributed by atoms with van der Waals surface area (Å²) in [7, 11) is 0. The Balaban J connectivity index is 1.76. The Labute approximate surface area is 107 Å². The predicted octanol–water partition coefficient (Wildman–Crippen LogP) is 4.36. The van der Waals surface area contributed by atoms with E-state index in [4.69, 9.17) is 0 Å². The molecule has 3 atom stereocenters. The summed E-state index contributed by atoms with van der Waals surface area (Å²) in [6, 6.07) is 0.951. The molecule has 0 aromatic carbocycles. The molecule has 1 saturated carbocycles. The minimum Gasteiger partial charge on any atom is -0.294 e. The van der Waals surface area contributed by atoms with Gasteiger partial charge in [-0.2, -0.15) is 0 Å². The third-order valence-corrected chi connectivity index (χ3v) is 5.93. The largest absolute Gasteiger partial charge is 0.294 e. The fourth-order valence-electron chi connectivity index (χ4n) is 5.17. The minimum atomic E-state index is 0.689. The lowest BCUT2D eigenvalue weighted by Gasteiger charge is -2.55. The number of hydrogen-bond acceptors (Lipinski definition) is 1. The van der Waals surface area contributed by atoms with Crippen LogP contribution >= 0.6 is 0 Å². The van der Waals surface area contributed by atoms with E-state index < -0.39 is 0 Å². The Morgan fingerprint density at radius 2 is 1.94 bits per heavy atom. The van der Waals surface area contributed by atoms with Crippen LogP contribution in [0, 0.1) is 5.92 Å². The summed E-state index contributed by atoms with van der Waals surface area (Å²) >= 11 is 0. The molecule has 2 heterocycles. The van der Waals surface area contributed by atoms with Crippen LogP contribution in [-0.2, 0) is 0 Å². The highest BCUT2D eigenvalue weighted by atomic mass is 15.3. The van der Waals surface area contributed by atoms with E-state index in [0.717, 1.165) is 12.0 Å². The lowest BCUT2D eigenvalue weighted by Crippen LogP contribution is -2.58. The van der Waals surface area contributed by atoms with E-state index in [-0.39, 0.29) is 0 Å². The predicted molar refractivity (Wildman–Crippen MR) is 73.2 cm³/mol. The van der Waals surface area contributed by atoms with Gasteiger partial charge in [-0.15, -0.1) is 0 Å². The van der Waals surface area contributed by atoms with Crippen LogP contribution in [0.25, 0.3) is 0 Å². The molecule has 3 aliphatic rings. The number of piperidine rings is 1. The Bertz CT molecular complexity index is 262. The minimum absolute atomic E-state index is 0.689. The van der Waals surface area contributed by atoms with Crippen molar-refractivity contribution in [3.05, 3.63) is 0 Å². The Morgan fingerprint density at radius 1 is 1.06 bits per heavy atom. The number of unbranched alkanes of at least 4 members (excludes halogenated alkanes) is 1. The summed E-state index contributed by atoms with van der Waals surface area (Å²) in [6.45, 7) is 3.76. The third kappa shape index (κ3) is 1.95. The van der Waals surface area contributed by atoms with Crippen LogP contribution in [0.3, 0.4) is 0 Å². The van der Waals surface area contributed by atoms with Gasteiger partial charge in [-0.3, -0.25) is 4.90 Å². The quantitative estimate of drug-likeness (QED) is 0.702. The third-order valence-electron chi connectivity index (χ3n) is 5.93. The molecule has 1 nitrogen and oxygen atoms in total. The first-order valence-corrected chi connectivity index (χ1v) is 8.13. The van der Waals surface area contributed by atoms with Gasteiger partial charge < -0.3 is 0 Å². The summed E-state index contributed by atoms with van der Waals surface area (Å²) in [5.41, 5.74) is 0.689. The van der Waals surface area contributed by atoms with Gasteiger partial charge in [0, 0.05) is 11.6 Å². The van der Waals surface area contributed by atoms with Gasteiger partial charge >= 0.3 is 0 Å². The lowest BCUT2D eigenvalue weighted by molar-refractivity contribution is -0.0417. The second-order valence-electron chi connectivity index (χ2n) is 6.72.